The first-order valence-electron chi connectivity index (χ1n) is 10.1. The van der Waals surface area contributed by atoms with Crippen molar-refractivity contribution in [3.05, 3.63) is 131 Å². The van der Waals surface area contributed by atoms with Gasteiger partial charge in [-0.15, -0.1) is 0 Å². The minimum atomic E-state index is 0.544. The van der Waals surface area contributed by atoms with Crippen LogP contribution >= 0.6 is 0 Å². The van der Waals surface area contributed by atoms with E-state index in [1.54, 1.807) is 0 Å². The van der Waals surface area contributed by atoms with Gasteiger partial charge in [0.2, 0.25) is 0 Å². The van der Waals surface area contributed by atoms with Crippen LogP contribution in [0.1, 0.15) is 22.3 Å². The summed E-state index contributed by atoms with van der Waals surface area (Å²) >= 11 is 0. The van der Waals surface area contributed by atoms with Gasteiger partial charge >= 0.3 is 0 Å². The third-order valence-corrected chi connectivity index (χ3v) is 4.75. The van der Waals surface area contributed by atoms with E-state index in [4.69, 9.17) is 9.47 Å². The number of para-hydroxylation sites is 2. The molecule has 0 aliphatic rings. The SMILES string of the molecule is C(=C\c1ccccc1OCc1ccccc1)/c1ccccc1OCc1ccccc1. The molecule has 0 fully saturated rings. The second-order valence-electron chi connectivity index (χ2n) is 6.96. The van der Waals surface area contributed by atoms with E-state index in [1.807, 2.05) is 72.8 Å². The molecule has 0 heterocycles. The van der Waals surface area contributed by atoms with Crippen LogP contribution in [0.15, 0.2) is 109 Å². The van der Waals surface area contributed by atoms with Gasteiger partial charge in [-0.2, -0.15) is 0 Å². The molecule has 0 bridgehead atoms. The van der Waals surface area contributed by atoms with Gasteiger partial charge in [-0.25, -0.2) is 0 Å². The third-order valence-electron chi connectivity index (χ3n) is 4.75. The zero-order chi connectivity index (χ0) is 20.4. The molecular formula is C28H24O2. The fourth-order valence-electron chi connectivity index (χ4n) is 3.15. The predicted molar refractivity (Wildman–Crippen MR) is 123 cm³/mol. The summed E-state index contributed by atoms with van der Waals surface area (Å²) in [7, 11) is 0. The van der Waals surface area contributed by atoms with Gasteiger partial charge in [-0.1, -0.05) is 109 Å². The van der Waals surface area contributed by atoms with Crippen LogP contribution in [-0.2, 0) is 13.2 Å². The Balaban J connectivity index is 1.47. The van der Waals surface area contributed by atoms with Crippen molar-refractivity contribution < 1.29 is 9.47 Å². The summed E-state index contributed by atoms with van der Waals surface area (Å²) < 4.78 is 12.1. The summed E-state index contributed by atoms with van der Waals surface area (Å²) in [6.45, 7) is 1.09. The van der Waals surface area contributed by atoms with E-state index in [0.717, 1.165) is 33.8 Å². The average molecular weight is 392 g/mol. The highest BCUT2D eigenvalue weighted by atomic mass is 16.5. The topological polar surface area (TPSA) is 18.5 Å². The van der Waals surface area contributed by atoms with E-state index >= 15 is 0 Å². The van der Waals surface area contributed by atoms with Crippen molar-refractivity contribution >= 4 is 12.2 Å². The van der Waals surface area contributed by atoms with E-state index < -0.39 is 0 Å². The van der Waals surface area contributed by atoms with Crippen LogP contribution in [-0.4, -0.2) is 0 Å². The first-order chi connectivity index (χ1) is 14.9. The van der Waals surface area contributed by atoms with Crippen molar-refractivity contribution in [3.8, 4) is 11.5 Å². The van der Waals surface area contributed by atoms with Crippen LogP contribution in [0.5, 0.6) is 11.5 Å². The summed E-state index contributed by atoms with van der Waals surface area (Å²) in [5.41, 5.74) is 4.37. The maximum Gasteiger partial charge on any atom is 0.127 e. The molecule has 4 aromatic carbocycles. The zero-order valence-electron chi connectivity index (χ0n) is 16.8. The maximum atomic E-state index is 6.06. The Kier molecular flexibility index (Phi) is 6.59. The molecule has 0 aliphatic heterocycles. The lowest BCUT2D eigenvalue weighted by Crippen LogP contribution is -1.97. The highest BCUT2D eigenvalue weighted by molar-refractivity contribution is 5.74. The van der Waals surface area contributed by atoms with Gasteiger partial charge < -0.3 is 9.47 Å². The lowest BCUT2D eigenvalue weighted by molar-refractivity contribution is 0.305. The minimum absolute atomic E-state index is 0.544. The summed E-state index contributed by atoms with van der Waals surface area (Å²) in [6, 6.07) is 36.5. The molecule has 0 saturated heterocycles. The number of benzene rings is 4. The first kappa shape index (κ1) is 19.5. The Morgan fingerprint density at radius 1 is 0.433 bits per heavy atom. The summed E-state index contributed by atoms with van der Waals surface area (Å²) in [5.74, 6) is 1.72. The van der Waals surface area contributed by atoms with Crippen molar-refractivity contribution in [2.24, 2.45) is 0 Å². The normalized spacial score (nSPS) is 10.8. The maximum absolute atomic E-state index is 6.06. The van der Waals surface area contributed by atoms with Crippen molar-refractivity contribution in [2.75, 3.05) is 0 Å². The Bertz CT molecular complexity index is 997. The summed E-state index contributed by atoms with van der Waals surface area (Å²) in [6.07, 6.45) is 4.15. The van der Waals surface area contributed by atoms with Crippen LogP contribution in [0.2, 0.25) is 0 Å². The zero-order valence-corrected chi connectivity index (χ0v) is 16.8. The second kappa shape index (κ2) is 10.1. The fourth-order valence-corrected chi connectivity index (χ4v) is 3.15. The molecule has 0 amide bonds. The molecule has 0 unspecified atom stereocenters. The fraction of sp³-hybridized carbons (Fsp3) is 0.0714. The van der Waals surface area contributed by atoms with E-state index in [2.05, 4.69) is 48.6 Å². The van der Waals surface area contributed by atoms with Crippen LogP contribution in [0, 0.1) is 0 Å². The standard InChI is InChI=1S/C28H24O2/c1-3-11-23(12-4-1)21-29-27-17-9-7-15-25(27)19-20-26-16-8-10-18-28(26)30-22-24-13-5-2-6-14-24/h1-20H,21-22H2/b20-19+. The van der Waals surface area contributed by atoms with Gasteiger partial charge in [0.25, 0.3) is 0 Å². The van der Waals surface area contributed by atoms with Crippen LogP contribution < -0.4 is 9.47 Å². The van der Waals surface area contributed by atoms with Crippen LogP contribution in [0.25, 0.3) is 12.2 Å². The van der Waals surface area contributed by atoms with Crippen molar-refractivity contribution in [3.63, 3.8) is 0 Å². The van der Waals surface area contributed by atoms with Gasteiger partial charge in [-0.3, -0.25) is 0 Å². The molecule has 2 heteroatoms. The van der Waals surface area contributed by atoms with E-state index in [1.165, 1.54) is 0 Å². The van der Waals surface area contributed by atoms with Gasteiger partial charge in [0.1, 0.15) is 24.7 Å². The quantitative estimate of drug-likeness (QED) is 0.300. The number of rotatable bonds is 8. The lowest BCUT2D eigenvalue weighted by Gasteiger charge is -2.11. The highest BCUT2D eigenvalue weighted by Crippen LogP contribution is 2.25. The molecule has 4 aromatic rings. The smallest absolute Gasteiger partial charge is 0.127 e. The molecule has 2 nitrogen and oxygen atoms in total. The molecule has 0 spiro atoms. The minimum Gasteiger partial charge on any atom is -0.488 e. The molecule has 0 aromatic heterocycles. The number of hydrogen-bond acceptors (Lipinski definition) is 2. The highest BCUT2D eigenvalue weighted by Gasteiger charge is 2.03. The molecule has 0 radical (unpaired) electrons. The molecule has 30 heavy (non-hydrogen) atoms. The van der Waals surface area contributed by atoms with E-state index in [9.17, 15) is 0 Å². The number of hydrogen-bond donors (Lipinski definition) is 0. The molecule has 148 valence electrons. The molecule has 0 atom stereocenters. The van der Waals surface area contributed by atoms with Crippen LogP contribution in [0.4, 0.5) is 0 Å². The van der Waals surface area contributed by atoms with Gasteiger partial charge in [0, 0.05) is 11.1 Å². The summed E-state index contributed by atoms with van der Waals surface area (Å²) in [5, 5.41) is 0. The lowest BCUT2D eigenvalue weighted by atomic mass is 10.1. The Labute approximate surface area is 178 Å². The van der Waals surface area contributed by atoms with Crippen molar-refractivity contribution in [2.45, 2.75) is 13.2 Å². The predicted octanol–water partition coefficient (Wildman–Crippen LogP) is 7.02. The molecule has 0 saturated carbocycles. The van der Waals surface area contributed by atoms with Gasteiger partial charge in [-0.05, 0) is 23.3 Å². The summed E-state index contributed by atoms with van der Waals surface area (Å²) in [4.78, 5) is 0. The third kappa shape index (κ3) is 5.39. The van der Waals surface area contributed by atoms with E-state index in [-0.39, 0.29) is 0 Å². The Morgan fingerprint density at radius 3 is 1.23 bits per heavy atom. The Morgan fingerprint density at radius 2 is 0.800 bits per heavy atom. The van der Waals surface area contributed by atoms with Gasteiger partial charge in [0.05, 0.1) is 0 Å². The van der Waals surface area contributed by atoms with Crippen molar-refractivity contribution in [1.82, 2.24) is 0 Å². The van der Waals surface area contributed by atoms with Crippen molar-refractivity contribution in [1.29, 1.82) is 0 Å². The molecule has 4 rings (SSSR count). The monoisotopic (exact) mass is 392 g/mol. The Hall–Kier alpha value is -3.78. The van der Waals surface area contributed by atoms with E-state index in [0.29, 0.717) is 13.2 Å². The molecule has 0 aliphatic carbocycles. The molecule has 0 N–H and O–H groups in total. The van der Waals surface area contributed by atoms with Crippen LogP contribution in [0.3, 0.4) is 0 Å². The molecular weight excluding hydrogens is 368 g/mol. The largest absolute Gasteiger partial charge is 0.488 e. The first-order valence-corrected chi connectivity index (χ1v) is 10.1. The number of ether oxygens (including phenoxy) is 2. The second-order valence-corrected chi connectivity index (χ2v) is 6.96. The average Bonchev–Trinajstić information content (AvgIpc) is 2.82. The van der Waals surface area contributed by atoms with Gasteiger partial charge in [0.15, 0.2) is 0 Å².